The second kappa shape index (κ2) is 33.4. The minimum absolute atomic E-state index is 0.157. The van der Waals surface area contributed by atoms with Gasteiger partial charge >= 0.3 is 0 Å². The molecule has 2 fully saturated rings. The SMILES string of the molecule is CCN(CC)c1ccc(N=Nc2nc(N3CCCCC3)c(C=C(C(C)=O)C(=O)Nc3ccc(S(=O)(=O)O)cc3)s2)c(Nc2nc(Nc3cc(N(CC)CC)ccc3N=Nc3nc(N4CCCCC4)c(C=C(C(C)=O)C(=O)Nc4ccc(S(=O)(=O)O)cc4)s3)nc(SCc3ccccc3)n2)c1. The molecule has 522 valence electrons. The van der Waals surface area contributed by atoms with Gasteiger partial charge in [0.05, 0.1) is 42.1 Å². The van der Waals surface area contributed by atoms with Gasteiger partial charge in [-0.1, -0.05) is 64.8 Å². The van der Waals surface area contributed by atoms with Gasteiger partial charge in [-0.25, -0.2) is 0 Å². The molecule has 8 aromatic rings. The quantitative estimate of drug-likeness (QED) is 0.00633. The molecule has 0 spiro atoms. The highest BCUT2D eigenvalue weighted by atomic mass is 32.2. The molecule has 2 saturated heterocycles. The maximum atomic E-state index is 13.8. The number of Topliss-reactive ketones (excluding diaryl/α,β-unsaturated/α-hetero) is 2. The average Bonchev–Trinajstić information content (AvgIpc) is 1.46. The Labute approximate surface area is 592 Å². The number of thioether (sulfide) groups is 1. The summed E-state index contributed by atoms with van der Waals surface area (Å²) in [4.78, 5) is 87.7. The van der Waals surface area contributed by atoms with Gasteiger partial charge < -0.3 is 40.9 Å². The Morgan fingerprint density at radius 2 is 0.930 bits per heavy atom. The Kier molecular flexibility index (Phi) is 24.4. The molecule has 32 heteroatoms. The van der Waals surface area contributed by atoms with Crippen molar-refractivity contribution >= 4 is 169 Å². The van der Waals surface area contributed by atoms with Crippen LogP contribution in [0, 0.1) is 0 Å². The molecule has 100 heavy (non-hydrogen) atoms. The topological polar surface area (TPSA) is 352 Å². The van der Waals surface area contributed by atoms with Gasteiger partial charge in [-0.15, -0.1) is 20.5 Å². The molecule has 2 amide bonds. The molecular formula is C68H75N17O10S5. The highest BCUT2D eigenvalue weighted by molar-refractivity contribution is 7.98. The standard InChI is InChI=1S/C68H75N17O10S5/c1-7-82(8-2)48-26-32-54(78-80-67-73-60(84-34-16-12-17-35-84)58(97-67)40-52(43(5)86)62(88)69-46-22-28-50(29-23-46)99(90,91)92)56(38-48)71-64-75-65(77-66(76-64)96-42-45-20-14-11-15-21-45)72-57-39-49(83(9-3)10-4)27-33-55(57)79-81-68-74-61(85-36-18-13-19-37-85)59(98-68)41-53(44(6)87)63(89)70-47-24-30-51(31-25-47)100(93,94)95/h11,14-15,20-33,38-41H,7-10,12-13,16-19,34-37,42H2,1-6H3,(H,69,88)(H,70,89)(H,90,91,92)(H,93,94,95)(H2,71,72,75,76,77). The number of rotatable bonds is 29. The monoisotopic (exact) mass is 1450 g/mol. The lowest BCUT2D eigenvalue weighted by Gasteiger charge is -2.27. The summed E-state index contributed by atoms with van der Waals surface area (Å²) in [5.74, 6) is -0.646. The Balaban J connectivity index is 1.00. The van der Waals surface area contributed by atoms with E-state index < -0.39 is 43.6 Å². The number of azo groups is 2. The predicted molar refractivity (Wildman–Crippen MR) is 394 cm³/mol. The fraction of sp³-hybridized carbons (Fsp3) is 0.309. The summed E-state index contributed by atoms with van der Waals surface area (Å²) in [6.07, 6.45) is 8.62. The molecule has 0 radical (unpaired) electrons. The van der Waals surface area contributed by atoms with Crippen LogP contribution in [0.1, 0.15) is 95.4 Å². The van der Waals surface area contributed by atoms with E-state index in [1.807, 2.05) is 66.7 Å². The van der Waals surface area contributed by atoms with Crippen molar-refractivity contribution in [1.29, 1.82) is 0 Å². The molecule has 5 aromatic carbocycles. The van der Waals surface area contributed by atoms with E-state index in [-0.39, 0.29) is 54.5 Å². The van der Waals surface area contributed by atoms with Crippen molar-refractivity contribution in [2.75, 3.05) is 93.2 Å². The first-order valence-electron chi connectivity index (χ1n) is 32.4. The lowest BCUT2D eigenvalue weighted by Crippen LogP contribution is -2.30. The van der Waals surface area contributed by atoms with Crippen molar-refractivity contribution < 1.29 is 45.1 Å². The number of hydrogen-bond acceptors (Lipinski definition) is 26. The molecular weight excluding hydrogens is 1380 g/mol. The summed E-state index contributed by atoms with van der Waals surface area (Å²) in [7, 11) is -8.97. The van der Waals surface area contributed by atoms with Crippen LogP contribution in [0.15, 0.2) is 162 Å². The van der Waals surface area contributed by atoms with Crippen molar-refractivity contribution in [2.45, 2.75) is 101 Å². The summed E-state index contributed by atoms with van der Waals surface area (Å²) in [5.41, 5.74) is 4.58. The highest BCUT2D eigenvalue weighted by Gasteiger charge is 2.26. The molecule has 0 bridgehead atoms. The maximum absolute atomic E-state index is 13.8. The lowest BCUT2D eigenvalue weighted by molar-refractivity contribution is -0.120. The minimum atomic E-state index is -4.48. The second-order valence-electron chi connectivity index (χ2n) is 23.0. The van der Waals surface area contributed by atoms with Gasteiger partial charge in [-0.3, -0.25) is 28.3 Å². The van der Waals surface area contributed by atoms with Crippen LogP contribution in [0.5, 0.6) is 0 Å². The number of hydrogen-bond donors (Lipinski definition) is 6. The molecule has 2 aliphatic heterocycles. The molecule has 0 atom stereocenters. The van der Waals surface area contributed by atoms with Crippen LogP contribution in [0.3, 0.4) is 0 Å². The van der Waals surface area contributed by atoms with Crippen LogP contribution in [0.4, 0.5) is 79.3 Å². The van der Waals surface area contributed by atoms with Gasteiger partial charge in [-0.2, -0.15) is 41.8 Å². The third kappa shape index (κ3) is 19.2. The van der Waals surface area contributed by atoms with Crippen LogP contribution in [0.2, 0.25) is 0 Å². The number of benzene rings is 5. The molecule has 5 heterocycles. The first kappa shape index (κ1) is 73.0. The summed E-state index contributed by atoms with van der Waals surface area (Å²) < 4.78 is 65.7. The number of piperidine rings is 2. The van der Waals surface area contributed by atoms with Crippen LogP contribution >= 0.6 is 34.4 Å². The summed E-state index contributed by atoms with van der Waals surface area (Å²) in [6, 6.07) is 31.1. The zero-order valence-corrected chi connectivity index (χ0v) is 59.8. The molecule has 0 aliphatic carbocycles. The van der Waals surface area contributed by atoms with E-state index >= 15 is 0 Å². The average molecular weight is 1450 g/mol. The van der Waals surface area contributed by atoms with E-state index in [9.17, 15) is 45.1 Å². The summed E-state index contributed by atoms with van der Waals surface area (Å²) in [6.45, 7) is 16.3. The van der Waals surface area contributed by atoms with Crippen LogP contribution in [-0.2, 0) is 45.2 Å². The fourth-order valence-electron chi connectivity index (χ4n) is 11.0. The number of carbonyl (C=O) groups is 4. The van der Waals surface area contributed by atoms with Crippen LogP contribution in [0.25, 0.3) is 12.2 Å². The molecule has 2 aliphatic rings. The number of thiazole rings is 2. The number of amides is 2. The normalized spacial score (nSPS) is 14.0. The number of nitrogens with one attached hydrogen (secondary N) is 4. The zero-order chi connectivity index (χ0) is 71.1. The minimum Gasteiger partial charge on any atom is -0.372 e. The number of carbonyl (C=O) groups excluding carboxylic acids is 4. The van der Waals surface area contributed by atoms with Gasteiger partial charge in [0.25, 0.3) is 32.1 Å². The number of anilines is 10. The summed E-state index contributed by atoms with van der Waals surface area (Å²) in [5, 5.41) is 32.1. The first-order valence-corrected chi connectivity index (χ1v) is 37.9. The number of ketones is 2. The van der Waals surface area contributed by atoms with E-state index in [0.717, 1.165) is 102 Å². The molecule has 3 aromatic heterocycles. The van der Waals surface area contributed by atoms with Crippen LogP contribution in [-0.4, -0.2) is 127 Å². The predicted octanol–water partition coefficient (Wildman–Crippen LogP) is 14.8. The van der Waals surface area contributed by atoms with E-state index in [1.165, 1.54) is 62.0 Å². The van der Waals surface area contributed by atoms with Crippen molar-refractivity contribution in [2.24, 2.45) is 20.5 Å². The Bertz CT molecular complexity index is 4380. The van der Waals surface area contributed by atoms with Crippen molar-refractivity contribution in [1.82, 2.24) is 24.9 Å². The third-order valence-corrected chi connectivity index (χ3v) is 20.6. The smallest absolute Gasteiger partial charge is 0.294 e. The number of aromatic nitrogens is 5. The van der Waals surface area contributed by atoms with Gasteiger partial charge in [0.2, 0.25) is 22.2 Å². The lowest BCUT2D eigenvalue weighted by atomic mass is 10.1. The van der Waals surface area contributed by atoms with Crippen molar-refractivity contribution in [3.8, 4) is 0 Å². The van der Waals surface area contributed by atoms with E-state index in [0.29, 0.717) is 107 Å². The molecule has 10 rings (SSSR count). The highest BCUT2D eigenvalue weighted by Crippen LogP contribution is 2.41. The molecule has 6 N–H and O–H groups in total. The van der Waals surface area contributed by atoms with E-state index in [2.05, 4.69) is 68.6 Å². The Morgan fingerprint density at radius 1 is 0.530 bits per heavy atom. The second-order valence-corrected chi connectivity index (χ2v) is 28.8. The molecule has 0 unspecified atom stereocenters. The third-order valence-electron chi connectivity index (χ3n) is 16.2. The van der Waals surface area contributed by atoms with Gasteiger partial charge in [0.15, 0.2) is 16.7 Å². The Morgan fingerprint density at radius 3 is 1.30 bits per heavy atom. The number of nitrogens with zero attached hydrogens (tertiary/aromatic N) is 13. The zero-order valence-electron chi connectivity index (χ0n) is 55.7. The summed E-state index contributed by atoms with van der Waals surface area (Å²) >= 11 is 3.69. The fourth-order valence-corrected chi connectivity index (χ4v) is 14.4. The van der Waals surface area contributed by atoms with Gasteiger partial charge in [0.1, 0.15) is 23.0 Å². The van der Waals surface area contributed by atoms with Crippen molar-refractivity contribution in [3.63, 3.8) is 0 Å². The van der Waals surface area contributed by atoms with Gasteiger partial charge in [0, 0.05) is 80.9 Å². The Hall–Kier alpha value is -9.70. The van der Waals surface area contributed by atoms with E-state index in [4.69, 9.17) is 45.4 Å². The van der Waals surface area contributed by atoms with E-state index in [1.54, 1.807) is 0 Å². The maximum Gasteiger partial charge on any atom is 0.294 e. The largest absolute Gasteiger partial charge is 0.372 e. The van der Waals surface area contributed by atoms with Crippen molar-refractivity contribution in [3.05, 3.63) is 142 Å². The molecule has 27 nitrogen and oxygen atoms in total. The first-order chi connectivity index (χ1) is 48.0. The molecule has 0 saturated carbocycles. The van der Waals surface area contributed by atoms with Gasteiger partial charge in [-0.05, 0) is 183 Å². The van der Waals surface area contributed by atoms with Crippen LogP contribution < -0.4 is 40.9 Å².